The Labute approximate surface area is 217 Å². The number of hydrogen-bond acceptors (Lipinski definition) is 5. The van der Waals surface area contributed by atoms with Gasteiger partial charge in [0, 0.05) is 6.04 Å². The van der Waals surface area contributed by atoms with Gasteiger partial charge in [-0.2, -0.15) is 0 Å². The molecule has 1 fully saturated rings. The van der Waals surface area contributed by atoms with E-state index in [4.69, 9.17) is 14.5 Å². The average molecular weight is 501 g/mol. The molecular weight excluding hydrogens is 468 g/mol. The van der Waals surface area contributed by atoms with Crippen molar-refractivity contribution >= 4 is 34.6 Å². The molecule has 1 heterocycles. The molecule has 0 radical (unpaired) electrons. The van der Waals surface area contributed by atoms with Crippen LogP contribution < -0.4 is 9.47 Å². The molecule has 1 aliphatic heterocycles. The van der Waals surface area contributed by atoms with Crippen molar-refractivity contribution in [2.45, 2.75) is 46.8 Å². The molecule has 6 heteroatoms. The number of methoxy groups -OCH3 is 1. The third-order valence-corrected chi connectivity index (χ3v) is 7.07. The van der Waals surface area contributed by atoms with E-state index in [2.05, 4.69) is 32.9 Å². The first-order valence-corrected chi connectivity index (χ1v) is 12.9. The highest BCUT2D eigenvalue weighted by Gasteiger charge is 2.36. The van der Waals surface area contributed by atoms with E-state index in [9.17, 15) is 4.79 Å². The lowest BCUT2D eigenvalue weighted by atomic mass is 10.1. The van der Waals surface area contributed by atoms with Crippen LogP contribution in [0.4, 0.5) is 5.69 Å². The summed E-state index contributed by atoms with van der Waals surface area (Å²) in [5.74, 6) is 1.26. The predicted octanol–water partition coefficient (Wildman–Crippen LogP) is 7.29. The van der Waals surface area contributed by atoms with Gasteiger partial charge in [-0.25, -0.2) is 4.99 Å². The number of hydrogen-bond donors (Lipinski definition) is 0. The Morgan fingerprint density at radius 1 is 1.00 bits per heavy atom. The molecule has 0 unspecified atom stereocenters. The number of amides is 1. The molecule has 0 aromatic heterocycles. The molecule has 4 rings (SSSR count). The predicted molar refractivity (Wildman–Crippen MR) is 149 cm³/mol. The maximum absolute atomic E-state index is 13.4. The summed E-state index contributed by atoms with van der Waals surface area (Å²) in [6, 6.07) is 22.0. The van der Waals surface area contributed by atoms with Crippen molar-refractivity contribution in [3.05, 3.63) is 93.9 Å². The Morgan fingerprint density at radius 2 is 1.78 bits per heavy atom. The number of carbonyl (C=O) groups excluding carboxylic acids is 1. The zero-order valence-corrected chi connectivity index (χ0v) is 22.3. The monoisotopic (exact) mass is 500 g/mol. The van der Waals surface area contributed by atoms with Gasteiger partial charge in [0.05, 0.1) is 17.7 Å². The molecule has 0 saturated carbocycles. The lowest BCUT2D eigenvalue weighted by Gasteiger charge is -2.22. The number of rotatable bonds is 8. The second-order valence-electron chi connectivity index (χ2n) is 8.96. The molecule has 0 spiro atoms. The molecule has 1 saturated heterocycles. The van der Waals surface area contributed by atoms with Gasteiger partial charge < -0.3 is 9.47 Å². The van der Waals surface area contributed by atoms with Crippen LogP contribution in [0.3, 0.4) is 0 Å². The van der Waals surface area contributed by atoms with Crippen molar-refractivity contribution in [1.29, 1.82) is 0 Å². The van der Waals surface area contributed by atoms with Crippen molar-refractivity contribution in [3.8, 4) is 11.5 Å². The number of carbonyl (C=O) groups is 1. The van der Waals surface area contributed by atoms with Gasteiger partial charge in [-0.05, 0) is 80.4 Å². The highest BCUT2D eigenvalue weighted by atomic mass is 32.2. The minimum atomic E-state index is -0.0287. The molecule has 0 N–H and O–H groups in total. The number of amidine groups is 1. The molecule has 1 aliphatic rings. The van der Waals surface area contributed by atoms with Crippen LogP contribution in [0, 0.1) is 13.8 Å². The summed E-state index contributed by atoms with van der Waals surface area (Å²) in [5, 5.41) is 0.703. The third-order valence-electron chi connectivity index (χ3n) is 6.09. The summed E-state index contributed by atoms with van der Waals surface area (Å²) in [6.07, 6.45) is 2.74. The van der Waals surface area contributed by atoms with Crippen LogP contribution >= 0.6 is 11.8 Å². The number of aryl methyl sites for hydroxylation is 2. The fraction of sp³-hybridized carbons (Fsp3) is 0.267. The second kappa shape index (κ2) is 11.5. The summed E-state index contributed by atoms with van der Waals surface area (Å²) in [7, 11) is 1.62. The van der Waals surface area contributed by atoms with Crippen LogP contribution in [0.5, 0.6) is 11.5 Å². The first kappa shape index (κ1) is 25.6. The third kappa shape index (κ3) is 6.00. The van der Waals surface area contributed by atoms with Crippen molar-refractivity contribution < 1.29 is 14.3 Å². The highest BCUT2D eigenvalue weighted by molar-refractivity contribution is 8.18. The van der Waals surface area contributed by atoms with E-state index in [0.29, 0.717) is 28.2 Å². The van der Waals surface area contributed by atoms with E-state index < -0.39 is 0 Å². The number of nitrogens with zero attached hydrogens (tertiary/aromatic N) is 2. The Hall–Kier alpha value is -3.51. The molecule has 36 heavy (non-hydrogen) atoms. The van der Waals surface area contributed by atoms with Gasteiger partial charge in [0.2, 0.25) is 0 Å². The number of benzene rings is 3. The van der Waals surface area contributed by atoms with Crippen LogP contribution in [0.25, 0.3) is 6.08 Å². The van der Waals surface area contributed by atoms with Crippen LogP contribution in [-0.2, 0) is 11.4 Å². The SMILES string of the molecule is CC[C@@H](C)N1C(=O)/C(=C\c2ccc(OCc3cccc(C)c3)c(OC)c2)SC1=Nc1ccc(C)cc1. The Morgan fingerprint density at radius 3 is 2.47 bits per heavy atom. The Balaban J connectivity index is 1.58. The van der Waals surface area contributed by atoms with Gasteiger partial charge >= 0.3 is 0 Å². The van der Waals surface area contributed by atoms with Crippen molar-refractivity contribution in [1.82, 2.24) is 4.90 Å². The molecular formula is C30H32N2O3S. The van der Waals surface area contributed by atoms with Crippen LogP contribution in [0.1, 0.15) is 42.5 Å². The van der Waals surface area contributed by atoms with Gasteiger partial charge in [-0.15, -0.1) is 0 Å². The maximum atomic E-state index is 13.4. The van der Waals surface area contributed by atoms with Crippen LogP contribution in [-0.4, -0.2) is 29.1 Å². The summed E-state index contributed by atoms with van der Waals surface area (Å²) >= 11 is 1.41. The van der Waals surface area contributed by atoms with E-state index in [1.807, 2.05) is 67.6 Å². The first-order chi connectivity index (χ1) is 17.4. The van der Waals surface area contributed by atoms with E-state index in [1.165, 1.54) is 22.9 Å². The van der Waals surface area contributed by atoms with E-state index >= 15 is 0 Å². The standard InChI is InChI=1S/C30H32N2O3S/c1-6-22(4)32-29(33)28(36-30(32)31-25-13-10-20(2)11-14-25)18-23-12-15-26(27(17-23)34-5)35-19-24-9-7-8-21(3)16-24/h7-18,22H,6,19H2,1-5H3/b28-18+,31-30?/t22-/m1/s1. The van der Waals surface area contributed by atoms with E-state index in [-0.39, 0.29) is 11.9 Å². The van der Waals surface area contributed by atoms with Crippen LogP contribution in [0.15, 0.2) is 76.6 Å². The fourth-order valence-electron chi connectivity index (χ4n) is 3.87. The molecule has 186 valence electrons. The zero-order chi connectivity index (χ0) is 25.7. The first-order valence-electron chi connectivity index (χ1n) is 12.1. The van der Waals surface area contributed by atoms with Gasteiger partial charge in [0.1, 0.15) is 6.61 Å². The molecule has 3 aromatic rings. The largest absolute Gasteiger partial charge is 0.493 e. The molecule has 5 nitrogen and oxygen atoms in total. The number of aliphatic imine (C=N–C) groups is 1. The lowest BCUT2D eigenvalue weighted by molar-refractivity contribution is -0.123. The van der Waals surface area contributed by atoms with Crippen molar-refractivity contribution in [2.24, 2.45) is 4.99 Å². The topological polar surface area (TPSA) is 51.1 Å². The van der Waals surface area contributed by atoms with Gasteiger partial charge in [0.15, 0.2) is 16.7 Å². The summed E-state index contributed by atoms with van der Waals surface area (Å²) < 4.78 is 11.6. The number of ether oxygens (including phenoxy) is 2. The minimum absolute atomic E-state index is 0.0287. The molecule has 0 bridgehead atoms. The second-order valence-corrected chi connectivity index (χ2v) is 9.97. The normalized spacial score (nSPS) is 16.6. The summed E-state index contributed by atoms with van der Waals surface area (Å²) in [6.45, 7) is 8.69. The van der Waals surface area contributed by atoms with Crippen LogP contribution in [0.2, 0.25) is 0 Å². The molecule has 0 aliphatic carbocycles. The van der Waals surface area contributed by atoms with E-state index in [1.54, 1.807) is 12.0 Å². The molecule has 3 aromatic carbocycles. The number of thioether (sulfide) groups is 1. The summed E-state index contributed by atoms with van der Waals surface area (Å²) in [5.41, 5.74) is 5.17. The quantitative estimate of drug-likeness (QED) is 0.305. The smallest absolute Gasteiger partial charge is 0.266 e. The van der Waals surface area contributed by atoms with E-state index in [0.717, 1.165) is 23.2 Å². The summed E-state index contributed by atoms with van der Waals surface area (Å²) in [4.78, 5) is 20.6. The van der Waals surface area contributed by atoms with Crippen molar-refractivity contribution in [2.75, 3.05) is 7.11 Å². The fourth-order valence-corrected chi connectivity index (χ4v) is 4.96. The zero-order valence-electron chi connectivity index (χ0n) is 21.4. The molecule has 1 amide bonds. The molecule has 1 atom stereocenters. The van der Waals surface area contributed by atoms with Gasteiger partial charge in [-0.3, -0.25) is 9.69 Å². The van der Waals surface area contributed by atoms with Gasteiger partial charge in [0.25, 0.3) is 5.91 Å². The highest BCUT2D eigenvalue weighted by Crippen LogP contribution is 2.37. The lowest BCUT2D eigenvalue weighted by Crippen LogP contribution is -2.36. The minimum Gasteiger partial charge on any atom is -0.493 e. The van der Waals surface area contributed by atoms with Crippen molar-refractivity contribution in [3.63, 3.8) is 0 Å². The van der Waals surface area contributed by atoms with Gasteiger partial charge in [-0.1, -0.05) is 60.5 Å². The average Bonchev–Trinajstić information content (AvgIpc) is 3.18. The Kier molecular flexibility index (Phi) is 8.16. The maximum Gasteiger partial charge on any atom is 0.266 e. The Bertz CT molecular complexity index is 1300.